The van der Waals surface area contributed by atoms with Gasteiger partial charge < -0.3 is 5.32 Å². The number of nitrogens with zero attached hydrogens (tertiary/aromatic N) is 1. The summed E-state index contributed by atoms with van der Waals surface area (Å²) in [7, 11) is 0. The van der Waals surface area contributed by atoms with E-state index in [1.54, 1.807) is 0 Å². The molecule has 0 aromatic carbocycles. The van der Waals surface area contributed by atoms with E-state index in [-0.39, 0.29) is 6.54 Å². The molecule has 0 aliphatic carbocycles. The maximum Gasteiger partial charge on any atom is 0.416 e. The Morgan fingerprint density at radius 2 is 2.14 bits per heavy atom. The summed E-state index contributed by atoms with van der Waals surface area (Å²) in [5, 5.41) is 2.91. The number of fused-ring (bicyclic) bond motifs is 1. The van der Waals surface area contributed by atoms with E-state index < -0.39 is 11.7 Å². The fraction of sp³-hybridized carbons (Fsp3) is 0.444. The second-order valence-electron chi connectivity index (χ2n) is 3.21. The highest BCUT2D eigenvalue weighted by Gasteiger charge is 2.34. The summed E-state index contributed by atoms with van der Waals surface area (Å²) < 4.78 is 37.6. The third-order valence-corrected chi connectivity index (χ3v) is 2.29. The summed E-state index contributed by atoms with van der Waals surface area (Å²) in [5.41, 5.74) is 0.305. The van der Waals surface area contributed by atoms with Gasteiger partial charge >= 0.3 is 6.18 Å². The Labute approximate surface area is 79.2 Å². The standard InChI is InChI=1S/C9H9F3N2/c10-9(11,12)7-1-4-14-8-2-3-13-5-6(7)8/h1,4,13H,2-3,5H2. The molecule has 0 amide bonds. The van der Waals surface area contributed by atoms with Gasteiger partial charge in [0.25, 0.3) is 0 Å². The van der Waals surface area contributed by atoms with Crippen molar-refractivity contribution in [3.8, 4) is 0 Å². The van der Waals surface area contributed by atoms with Gasteiger partial charge in [0.1, 0.15) is 0 Å². The molecule has 1 aliphatic heterocycles. The molecule has 14 heavy (non-hydrogen) atoms. The first-order valence-corrected chi connectivity index (χ1v) is 4.33. The molecule has 0 saturated carbocycles. The van der Waals surface area contributed by atoms with Crippen LogP contribution in [0.4, 0.5) is 13.2 Å². The Morgan fingerprint density at radius 1 is 1.36 bits per heavy atom. The van der Waals surface area contributed by atoms with E-state index in [0.717, 1.165) is 6.07 Å². The van der Waals surface area contributed by atoms with Crippen molar-refractivity contribution < 1.29 is 13.2 Å². The summed E-state index contributed by atoms with van der Waals surface area (Å²) in [4.78, 5) is 3.95. The van der Waals surface area contributed by atoms with Gasteiger partial charge in [-0.3, -0.25) is 4.98 Å². The lowest BCUT2D eigenvalue weighted by Gasteiger charge is -2.20. The molecule has 1 aromatic rings. The van der Waals surface area contributed by atoms with Crippen molar-refractivity contribution in [2.24, 2.45) is 0 Å². The number of aromatic nitrogens is 1. The van der Waals surface area contributed by atoms with Gasteiger partial charge in [0.05, 0.1) is 5.56 Å². The molecular formula is C9H9F3N2. The predicted octanol–water partition coefficient (Wildman–Crippen LogP) is 1.75. The van der Waals surface area contributed by atoms with Gasteiger partial charge in [0, 0.05) is 31.4 Å². The number of rotatable bonds is 0. The number of hydrogen-bond acceptors (Lipinski definition) is 2. The fourth-order valence-corrected chi connectivity index (χ4v) is 1.63. The average molecular weight is 202 g/mol. The maximum absolute atomic E-state index is 12.5. The minimum Gasteiger partial charge on any atom is -0.312 e. The van der Waals surface area contributed by atoms with E-state index in [1.165, 1.54) is 6.20 Å². The van der Waals surface area contributed by atoms with Gasteiger partial charge in [0.15, 0.2) is 0 Å². The van der Waals surface area contributed by atoms with E-state index in [2.05, 4.69) is 10.3 Å². The summed E-state index contributed by atoms with van der Waals surface area (Å²) in [6.45, 7) is 0.958. The fourth-order valence-electron chi connectivity index (χ4n) is 1.63. The molecule has 2 rings (SSSR count). The lowest BCUT2D eigenvalue weighted by atomic mass is 10.0. The molecule has 76 valence electrons. The van der Waals surface area contributed by atoms with Crippen LogP contribution in [0.5, 0.6) is 0 Å². The van der Waals surface area contributed by atoms with E-state index in [1.807, 2.05) is 0 Å². The Morgan fingerprint density at radius 3 is 2.86 bits per heavy atom. The maximum atomic E-state index is 12.5. The van der Waals surface area contributed by atoms with Crippen LogP contribution in [0, 0.1) is 0 Å². The van der Waals surface area contributed by atoms with Crippen LogP contribution in [0.15, 0.2) is 12.3 Å². The smallest absolute Gasteiger partial charge is 0.312 e. The second kappa shape index (κ2) is 3.24. The molecular weight excluding hydrogens is 193 g/mol. The van der Waals surface area contributed by atoms with Crippen molar-refractivity contribution in [2.75, 3.05) is 6.54 Å². The van der Waals surface area contributed by atoms with Crippen LogP contribution in [0.25, 0.3) is 0 Å². The van der Waals surface area contributed by atoms with Crippen molar-refractivity contribution in [1.82, 2.24) is 10.3 Å². The number of pyridine rings is 1. The zero-order chi connectivity index (χ0) is 10.2. The molecule has 0 fully saturated rings. The molecule has 0 atom stereocenters. The second-order valence-corrected chi connectivity index (χ2v) is 3.21. The molecule has 2 heterocycles. The highest BCUT2D eigenvalue weighted by Crippen LogP contribution is 2.33. The molecule has 5 heteroatoms. The third-order valence-electron chi connectivity index (χ3n) is 2.29. The number of alkyl halides is 3. The van der Waals surface area contributed by atoms with Gasteiger partial charge in [-0.05, 0) is 11.6 Å². The van der Waals surface area contributed by atoms with Gasteiger partial charge in [-0.25, -0.2) is 0 Å². The molecule has 0 radical (unpaired) electrons. The Hall–Kier alpha value is -1.10. The summed E-state index contributed by atoms with van der Waals surface area (Å²) in [5.74, 6) is 0. The first kappa shape index (κ1) is 9.45. The van der Waals surface area contributed by atoms with Crippen molar-refractivity contribution >= 4 is 0 Å². The molecule has 1 N–H and O–H groups in total. The minimum atomic E-state index is -4.27. The number of hydrogen-bond donors (Lipinski definition) is 1. The van der Waals surface area contributed by atoms with Gasteiger partial charge in [-0.2, -0.15) is 13.2 Å². The first-order chi connectivity index (χ1) is 6.59. The van der Waals surface area contributed by atoms with Crippen molar-refractivity contribution in [1.29, 1.82) is 0 Å². The minimum absolute atomic E-state index is 0.262. The third kappa shape index (κ3) is 1.59. The average Bonchev–Trinajstić information content (AvgIpc) is 2.15. The number of nitrogens with one attached hydrogen (secondary N) is 1. The lowest BCUT2D eigenvalue weighted by molar-refractivity contribution is -0.138. The first-order valence-electron chi connectivity index (χ1n) is 4.33. The highest BCUT2D eigenvalue weighted by molar-refractivity contribution is 5.33. The monoisotopic (exact) mass is 202 g/mol. The summed E-state index contributed by atoms with van der Waals surface area (Å²) >= 11 is 0. The Bertz CT molecular complexity index is 346. The van der Waals surface area contributed by atoms with Crippen molar-refractivity contribution in [3.63, 3.8) is 0 Å². The van der Waals surface area contributed by atoms with Crippen LogP contribution in [0.3, 0.4) is 0 Å². The quantitative estimate of drug-likeness (QED) is 0.693. The Kier molecular flexibility index (Phi) is 2.19. The van der Waals surface area contributed by atoms with E-state index in [9.17, 15) is 13.2 Å². The van der Waals surface area contributed by atoms with Crippen LogP contribution in [-0.4, -0.2) is 11.5 Å². The molecule has 1 aromatic heterocycles. The van der Waals surface area contributed by atoms with Crippen molar-refractivity contribution in [3.05, 3.63) is 29.1 Å². The van der Waals surface area contributed by atoms with Crippen LogP contribution in [-0.2, 0) is 19.1 Å². The molecule has 0 unspecified atom stereocenters. The Balaban J connectivity index is 2.51. The molecule has 1 aliphatic rings. The van der Waals surface area contributed by atoms with Crippen LogP contribution >= 0.6 is 0 Å². The largest absolute Gasteiger partial charge is 0.416 e. The van der Waals surface area contributed by atoms with Crippen molar-refractivity contribution in [2.45, 2.75) is 19.1 Å². The van der Waals surface area contributed by atoms with Gasteiger partial charge in [0.2, 0.25) is 0 Å². The van der Waals surface area contributed by atoms with E-state index in [0.29, 0.717) is 24.2 Å². The van der Waals surface area contributed by atoms with Gasteiger partial charge in [-0.1, -0.05) is 0 Å². The molecule has 0 bridgehead atoms. The molecule has 0 saturated heterocycles. The van der Waals surface area contributed by atoms with Crippen LogP contribution in [0.1, 0.15) is 16.8 Å². The predicted molar refractivity (Wildman–Crippen MR) is 44.6 cm³/mol. The zero-order valence-corrected chi connectivity index (χ0v) is 7.36. The SMILES string of the molecule is FC(F)(F)c1ccnc2c1CNCC2. The highest BCUT2D eigenvalue weighted by atomic mass is 19.4. The summed E-state index contributed by atoms with van der Waals surface area (Å²) in [6.07, 6.45) is -2.47. The van der Waals surface area contributed by atoms with E-state index >= 15 is 0 Å². The molecule has 2 nitrogen and oxygen atoms in total. The normalized spacial score (nSPS) is 16.5. The lowest BCUT2D eigenvalue weighted by Crippen LogP contribution is -2.27. The van der Waals surface area contributed by atoms with Gasteiger partial charge in [-0.15, -0.1) is 0 Å². The molecule has 0 spiro atoms. The zero-order valence-electron chi connectivity index (χ0n) is 7.36. The topological polar surface area (TPSA) is 24.9 Å². The van der Waals surface area contributed by atoms with Crippen LogP contribution in [0.2, 0.25) is 0 Å². The summed E-state index contributed by atoms with van der Waals surface area (Å²) in [6, 6.07) is 1.03. The number of halogens is 3. The van der Waals surface area contributed by atoms with E-state index in [4.69, 9.17) is 0 Å². The van der Waals surface area contributed by atoms with Crippen LogP contribution < -0.4 is 5.32 Å².